The topological polar surface area (TPSA) is 0 Å². The molecule has 1 rings (SSSR count). The van der Waals surface area contributed by atoms with Crippen molar-refractivity contribution < 1.29 is 0 Å². The van der Waals surface area contributed by atoms with E-state index in [4.69, 9.17) is 0 Å². The average molecular weight is 210 g/mol. The number of hydrogen-bond donors (Lipinski definition) is 0. The molecule has 0 spiro atoms. The van der Waals surface area contributed by atoms with Crippen LogP contribution in [0.4, 0.5) is 0 Å². The molecule has 1 fully saturated rings. The van der Waals surface area contributed by atoms with Crippen molar-refractivity contribution in [3.8, 4) is 0 Å². The summed E-state index contributed by atoms with van der Waals surface area (Å²) in [6.07, 6.45) is 8.88. The fourth-order valence-electron chi connectivity index (χ4n) is 3.33. The summed E-state index contributed by atoms with van der Waals surface area (Å²) in [7, 11) is 0. The zero-order chi connectivity index (χ0) is 11.5. The Morgan fingerprint density at radius 3 is 2.20 bits per heavy atom. The quantitative estimate of drug-likeness (QED) is 0.595. The highest BCUT2D eigenvalue weighted by atomic mass is 14.3. The van der Waals surface area contributed by atoms with Crippen molar-refractivity contribution in [2.75, 3.05) is 0 Å². The predicted molar refractivity (Wildman–Crippen MR) is 69.0 cm³/mol. The van der Waals surface area contributed by atoms with Gasteiger partial charge in [-0.1, -0.05) is 53.9 Å². The second-order valence-corrected chi connectivity index (χ2v) is 7.29. The van der Waals surface area contributed by atoms with Gasteiger partial charge in [0.15, 0.2) is 0 Å². The molecule has 0 N–H and O–H groups in total. The SMILES string of the molecule is CC(C)CC1CCCC(CC(C)(C)C)C1. The first kappa shape index (κ1) is 13.1. The molecule has 2 atom stereocenters. The minimum absolute atomic E-state index is 0.532. The van der Waals surface area contributed by atoms with Crippen LogP contribution in [0.2, 0.25) is 0 Å². The van der Waals surface area contributed by atoms with Crippen molar-refractivity contribution in [2.45, 2.75) is 73.1 Å². The third kappa shape index (κ3) is 5.58. The maximum absolute atomic E-state index is 2.39. The van der Waals surface area contributed by atoms with E-state index in [1.165, 1.54) is 38.5 Å². The maximum Gasteiger partial charge on any atom is -0.0380 e. The van der Waals surface area contributed by atoms with Gasteiger partial charge in [0.25, 0.3) is 0 Å². The molecule has 1 saturated carbocycles. The highest BCUT2D eigenvalue weighted by Gasteiger charge is 2.25. The average Bonchev–Trinajstić information content (AvgIpc) is 1.99. The summed E-state index contributed by atoms with van der Waals surface area (Å²) in [5, 5.41) is 0. The first-order valence-electron chi connectivity index (χ1n) is 6.87. The van der Waals surface area contributed by atoms with Crippen LogP contribution in [-0.2, 0) is 0 Å². The zero-order valence-corrected chi connectivity index (χ0v) is 11.5. The van der Waals surface area contributed by atoms with Crippen LogP contribution in [0.3, 0.4) is 0 Å². The molecule has 15 heavy (non-hydrogen) atoms. The van der Waals surface area contributed by atoms with Gasteiger partial charge < -0.3 is 0 Å². The summed E-state index contributed by atoms with van der Waals surface area (Å²) < 4.78 is 0. The Kier molecular flexibility index (Phi) is 4.67. The van der Waals surface area contributed by atoms with Crippen LogP contribution >= 0.6 is 0 Å². The molecule has 1 aliphatic carbocycles. The summed E-state index contributed by atoms with van der Waals surface area (Å²) in [4.78, 5) is 0. The molecule has 0 heterocycles. The molecule has 0 aromatic rings. The van der Waals surface area contributed by atoms with Gasteiger partial charge in [0.2, 0.25) is 0 Å². The molecule has 2 unspecified atom stereocenters. The van der Waals surface area contributed by atoms with Crippen LogP contribution in [0.1, 0.15) is 73.1 Å². The van der Waals surface area contributed by atoms with Gasteiger partial charge in [0.1, 0.15) is 0 Å². The minimum Gasteiger partial charge on any atom is -0.0628 e. The van der Waals surface area contributed by atoms with Crippen LogP contribution in [0.15, 0.2) is 0 Å². The molecular formula is C15H30. The molecule has 0 amide bonds. The molecule has 0 radical (unpaired) electrons. The van der Waals surface area contributed by atoms with E-state index in [-0.39, 0.29) is 0 Å². The van der Waals surface area contributed by atoms with E-state index >= 15 is 0 Å². The Morgan fingerprint density at radius 2 is 1.67 bits per heavy atom. The number of hydrogen-bond acceptors (Lipinski definition) is 0. The van der Waals surface area contributed by atoms with E-state index in [0.717, 1.165) is 17.8 Å². The van der Waals surface area contributed by atoms with Crippen LogP contribution < -0.4 is 0 Å². The van der Waals surface area contributed by atoms with Crippen molar-refractivity contribution >= 4 is 0 Å². The van der Waals surface area contributed by atoms with Gasteiger partial charge in [-0.15, -0.1) is 0 Å². The Morgan fingerprint density at radius 1 is 1.07 bits per heavy atom. The standard InChI is InChI=1S/C15H30/c1-12(2)9-13-7-6-8-14(10-13)11-15(3,4)5/h12-14H,6-11H2,1-5H3. The molecule has 0 aromatic heterocycles. The smallest absolute Gasteiger partial charge is 0.0380 e. The molecular weight excluding hydrogens is 180 g/mol. The molecule has 0 saturated heterocycles. The lowest BCUT2D eigenvalue weighted by atomic mass is 9.72. The molecule has 0 aromatic carbocycles. The van der Waals surface area contributed by atoms with Crippen LogP contribution in [0.25, 0.3) is 0 Å². The molecule has 90 valence electrons. The summed E-state index contributed by atoms with van der Waals surface area (Å²) >= 11 is 0. The minimum atomic E-state index is 0.532. The first-order valence-corrected chi connectivity index (χ1v) is 6.87. The van der Waals surface area contributed by atoms with Gasteiger partial charge in [-0.3, -0.25) is 0 Å². The Hall–Kier alpha value is 0. The second-order valence-electron chi connectivity index (χ2n) is 7.29. The molecule has 0 aliphatic heterocycles. The normalized spacial score (nSPS) is 28.4. The van der Waals surface area contributed by atoms with Crippen LogP contribution in [0.5, 0.6) is 0 Å². The number of rotatable bonds is 3. The van der Waals surface area contributed by atoms with Gasteiger partial charge in [0, 0.05) is 0 Å². The van der Waals surface area contributed by atoms with Crippen molar-refractivity contribution in [3.05, 3.63) is 0 Å². The highest BCUT2D eigenvalue weighted by molar-refractivity contribution is 4.77. The Labute approximate surface area is 96.8 Å². The van der Waals surface area contributed by atoms with Crippen LogP contribution in [0, 0.1) is 23.2 Å². The van der Waals surface area contributed by atoms with E-state index < -0.39 is 0 Å². The molecule has 0 nitrogen and oxygen atoms in total. The first-order chi connectivity index (χ1) is 6.87. The van der Waals surface area contributed by atoms with Crippen molar-refractivity contribution in [3.63, 3.8) is 0 Å². The van der Waals surface area contributed by atoms with E-state index in [9.17, 15) is 0 Å². The fraction of sp³-hybridized carbons (Fsp3) is 1.00. The zero-order valence-electron chi connectivity index (χ0n) is 11.5. The van der Waals surface area contributed by atoms with Crippen LogP contribution in [-0.4, -0.2) is 0 Å². The molecule has 1 aliphatic rings. The van der Waals surface area contributed by atoms with Gasteiger partial charge in [-0.2, -0.15) is 0 Å². The predicted octanol–water partition coefficient (Wildman–Crippen LogP) is 5.28. The third-order valence-corrected chi connectivity index (χ3v) is 3.60. The summed E-state index contributed by atoms with van der Waals surface area (Å²) in [6.45, 7) is 11.9. The Bertz CT molecular complexity index is 173. The summed E-state index contributed by atoms with van der Waals surface area (Å²) in [6, 6.07) is 0. The largest absolute Gasteiger partial charge is 0.0628 e. The van der Waals surface area contributed by atoms with E-state index in [1.807, 2.05) is 0 Å². The molecule has 0 bridgehead atoms. The van der Waals surface area contributed by atoms with Crippen molar-refractivity contribution in [2.24, 2.45) is 23.2 Å². The van der Waals surface area contributed by atoms with Gasteiger partial charge in [-0.25, -0.2) is 0 Å². The van der Waals surface area contributed by atoms with Gasteiger partial charge >= 0.3 is 0 Å². The van der Waals surface area contributed by atoms with Crippen molar-refractivity contribution in [1.29, 1.82) is 0 Å². The molecule has 0 heteroatoms. The van der Waals surface area contributed by atoms with E-state index in [1.54, 1.807) is 0 Å². The Balaban J connectivity index is 2.35. The lowest BCUT2D eigenvalue weighted by molar-refractivity contribution is 0.182. The fourth-order valence-corrected chi connectivity index (χ4v) is 3.33. The second kappa shape index (κ2) is 5.37. The third-order valence-electron chi connectivity index (χ3n) is 3.60. The lowest BCUT2D eigenvalue weighted by Gasteiger charge is -2.34. The van der Waals surface area contributed by atoms with E-state index in [2.05, 4.69) is 34.6 Å². The van der Waals surface area contributed by atoms with Gasteiger partial charge in [-0.05, 0) is 42.4 Å². The van der Waals surface area contributed by atoms with Gasteiger partial charge in [0.05, 0.1) is 0 Å². The summed E-state index contributed by atoms with van der Waals surface area (Å²) in [5.74, 6) is 2.94. The summed E-state index contributed by atoms with van der Waals surface area (Å²) in [5.41, 5.74) is 0.532. The lowest BCUT2D eigenvalue weighted by Crippen LogP contribution is -2.21. The highest BCUT2D eigenvalue weighted by Crippen LogP contribution is 2.38. The van der Waals surface area contributed by atoms with Crippen molar-refractivity contribution in [1.82, 2.24) is 0 Å². The maximum atomic E-state index is 2.39. The van der Waals surface area contributed by atoms with E-state index in [0.29, 0.717) is 5.41 Å². The monoisotopic (exact) mass is 210 g/mol.